The van der Waals surface area contributed by atoms with Crippen LogP contribution in [0.25, 0.3) is 11.4 Å². The van der Waals surface area contributed by atoms with Crippen LogP contribution in [0.3, 0.4) is 0 Å². The third kappa shape index (κ3) is 5.03. The molecule has 1 unspecified atom stereocenters. The summed E-state index contributed by atoms with van der Waals surface area (Å²) < 4.78 is 16.0. The maximum atomic E-state index is 12.9. The molecule has 4 rings (SSSR count). The molecule has 1 amide bonds. The second-order valence-corrected chi connectivity index (χ2v) is 8.03. The molecular formula is C23H25ClN4O4. The minimum absolute atomic E-state index is 0.0412. The van der Waals surface area contributed by atoms with Crippen LogP contribution in [0, 0.1) is 5.92 Å². The number of nitrogens with zero attached hydrogens (tertiary/aromatic N) is 3. The first-order chi connectivity index (χ1) is 15.6. The van der Waals surface area contributed by atoms with Crippen molar-refractivity contribution in [3.63, 3.8) is 0 Å². The first-order valence-corrected chi connectivity index (χ1v) is 10.8. The molecule has 8 nitrogen and oxygen atoms in total. The first-order valence-electron chi connectivity index (χ1n) is 10.4. The number of aromatic nitrogens is 2. The maximum Gasteiger partial charge on any atom is 0.241 e. The second kappa shape index (κ2) is 10.0. The van der Waals surface area contributed by atoms with E-state index in [2.05, 4.69) is 20.4 Å². The van der Waals surface area contributed by atoms with Crippen molar-refractivity contribution >= 4 is 23.2 Å². The lowest BCUT2D eigenvalue weighted by molar-refractivity contribution is -0.121. The smallest absolute Gasteiger partial charge is 0.241 e. The highest BCUT2D eigenvalue weighted by Crippen LogP contribution is 2.30. The lowest BCUT2D eigenvalue weighted by Gasteiger charge is -2.31. The Morgan fingerprint density at radius 3 is 2.88 bits per heavy atom. The van der Waals surface area contributed by atoms with Crippen molar-refractivity contribution in [3.05, 3.63) is 53.4 Å². The Balaban J connectivity index is 1.39. The van der Waals surface area contributed by atoms with Gasteiger partial charge in [-0.25, -0.2) is 0 Å². The van der Waals surface area contributed by atoms with Crippen LogP contribution in [0.2, 0.25) is 5.02 Å². The lowest BCUT2D eigenvalue weighted by atomic mass is 9.97. The minimum Gasteiger partial charge on any atom is -0.497 e. The van der Waals surface area contributed by atoms with E-state index in [1.165, 1.54) is 0 Å². The Bertz CT molecular complexity index is 1090. The van der Waals surface area contributed by atoms with E-state index in [1.807, 2.05) is 18.2 Å². The number of hydrogen-bond acceptors (Lipinski definition) is 7. The van der Waals surface area contributed by atoms with Crippen molar-refractivity contribution in [1.82, 2.24) is 15.0 Å². The average Bonchev–Trinajstić information content (AvgIpc) is 3.27. The number of rotatable bonds is 7. The summed E-state index contributed by atoms with van der Waals surface area (Å²) in [6.07, 6.45) is 1.72. The van der Waals surface area contributed by atoms with Gasteiger partial charge in [0.1, 0.15) is 11.5 Å². The van der Waals surface area contributed by atoms with Crippen LogP contribution >= 0.6 is 11.6 Å². The van der Waals surface area contributed by atoms with E-state index < -0.39 is 0 Å². The molecule has 2 aromatic carbocycles. The van der Waals surface area contributed by atoms with Gasteiger partial charge in [-0.1, -0.05) is 28.9 Å². The highest BCUT2D eigenvalue weighted by atomic mass is 35.5. The predicted octanol–water partition coefficient (Wildman–Crippen LogP) is 4.26. The van der Waals surface area contributed by atoms with E-state index in [1.54, 1.807) is 38.5 Å². The van der Waals surface area contributed by atoms with Gasteiger partial charge in [-0.05, 0) is 43.7 Å². The maximum absolute atomic E-state index is 12.9. The van der Waals surface area contributed by atoms with Crippen molar-refractivity contribution in [2.45, 2.75) is 19.4 Å². The number of hydrogen-bond donors (Lipinski definition) is 1. The molecule has 0 bridgehead atoms. The van der Waals surface area contributed by atoms with E-state index in [9.17, 15) is 4.79 Å². The summed E-state index contributed by atoms with van der Waals surface area (Å²) in [5.41, 5.74) is 1.35. The number of anilines is 1. The highest BCUT2D eigenvalue weighted by Gasteiger charge is 2.27. The van der Waals surface area contributed by atoms with E-state index in [4.69, 9.17) is 25.6 Å². The molecule has 1 N–H and O–H groups in total. The molecular weight excluding hydrogens is 432 g/mol. The van der Waals surface area contributed by atoms with Gasteiger partial charge in [0.05, 0.1) is 37.4 Å². The fourth-order valence-electron chi connectivity index (χ4n) is 3.81. The number of ether oxygens (including phenoxy) is 2. The van der Waals surface area contributed by atoms with Crippen LogP contribution in [0.15, 0.2) is 47.0 Å². The van der Waals surface area contributed by atoms with Crippen molar-refractivity contribution in [3.8, 4) is 22.9 Å². The zero-order chi connectivity index (χ0) is 22.5. The number of carbonyl (C=O) groups excluding carboxylic acids is 1. The normalized spacial score (nSPS) is 16.5. The summed E-state index contributed by atoms with van der Waals surface area (Å²) >= 11 is 6.23. The standard InChI is InChI=1S/C23H25ClN4O4/c1-30-16-9-10-19(20(12-16)31-2)25-23(29)15-6-5-11-28(13-15)14-21-26-22(27-32-21)17-7-3-4-8-18(17)24/h3-4,7-10,12,15H,5-6,11,13-14H2,1-2H3,(H,25,29). The van der Waals surface area contributed by atoms with Crippen LogP contribution in [0.5, 0.6) is 11.5 Å². The molecule has 168 valence electrons. The second-order valence-electron chi connectivity index (χ2n) is 7.62. The SMILES string of the molecule is COc1ccc(NC(=O)C2CCCN(Cc3nc(-c4ccccc4Cl)no3)C2)c(OC)c1. The molecule has 1 fully saturated rings. The van der Waals surface area contributed by atoms with Crippen LogP contribution in [-0.4, -0.2) is 48.3 Å². The lowest BCUT2D eigenvalue weighted by Crippen LogP contribution is -2.40. The molecule has 2 heterocycles. The average molecular weight is 457 g/mol. The topological polar surface area (TPSA) is 89.7 Å². The van der Waals surface area contributed by atoms with Crippen molar-refractivity contribution in [2.24, 2.45) is 5.92 Å². The Labute approximate surface area is 191 Å². The fraction of sp³-hybridized carbons (Fsp3) is 0.348. The Kier molecular flexibility index (Phi) is 6.92. The number of amides is 1. The molecule has 0 aliphatic carbocycles. The molecule has 32 heavy (non-hydrogen) atoms. The fourth-order valence-corrected chi connectivity index (χ4v) is 4.03. The van der Waals surface area contributed by atoms with E-state index in [0.717, 1.165) is 24.9 Å². The van der Waals surface area contributed by atoms with Gasteiger partial charge in [0.15, 0.2) is 0 Å². The predicted molar refractivity (Wildman–Crippen MR) is 121 cm³/mol. The number of piperidine rings is 1. The first kappa shape index (κ1) is 22.1. The molecule has 1 atom stereocenters. The molecule has 1 aliphatic rings. The zero-order valence-corrected chi connectivity index (χ0v) is 18.8. The zero-order valence-electron chi connectivity index (χ0n) is 18.0. The van der Waals surface area contributed by atoms with E-state index >= 15 is 0 Å². The van der Waals surface area contributed by atoms with Crippen LogP contribution in [-0.2, 0) is 11.3 Å². The Morgan fingerprint density at radius 2 is 2.09 bits per heavy atom. The van der Waals surface area contributed by atoms with Gasteiger partial charge in [0, 0.05) is 18.2 Å². The minimum atomic E-state index is -0.151. The molecule has 0 spiro atoms. The quantitative estimate of drug-likeness (QED) is 0.568. The van der Waals surface area contributed by atoms with Gasteiger partial charge in [-0.3, -0.25) is 9.69 Å². The summed E-state index contributed by atoms with van der Waals surface area (Å²) in [6, 6.07) is 12.7. The number of halogens is 1. The number of carbonyl (C=O) groups is 1. The van der Waals surface area contributed by atoms with Gasteiger partial charge in [-0.2, -0.15) is 4.98 Å². The number of likely N-dealkylation sites (tertiary alicyclic amines) is 1. The van der Waals surface area contributed by atoms with Crippen LogP contribution in [0.1, 0.15) is 18.7 Å². The van der Waals surface area contributed by atoms with Crippen molar-refractivity contribution in [1.29, 1.82) is 0 Å². The van der Waals surface area contributed by atoms with Crippen molar-refractivity contribution < 1.29 is 18.8 Å². The molecule has 1 aliphatic heterocycles. The highest BCUT2D eigenvalue weighted by molar-refractivity contribution is 6.33. The van der Waals surface area contributed by atoms with E-state index in [-0.39, 0.29) is 11.8 Å². The summed E-state index contributed by atoms with van der Waals surface area (Å²) in [7, 11) is 3.15. The summed E-state index contributed by atoms with van der Waals surface area (Å²) in [4.78, 5) is 19.6. The van der Waals surface area contributed by atoms with E-state index in [0.29, 0.717) is 47.0 Å². The third-order valence-electron chi connectivity index (χ3n) is 5.48. The van der Waals surface area contributed by atoms with Gasteiger partial charge in [-0.15, -0.1) is 0 Å². The third-order valence-corrected chi connectivity index (χ3v) is 5.81. The van der Waals surface area contributed by atoms with Crippen molar-refractivity contribution in [2.75, 3.05) is 32.6 Å². The molecule has 0 saturated carbocycles. The van der Waals surface area contributed by atoms with Gasteiger partial charge in [0.2, 0.25) is 17.6 Å². The molecule has 1 saturated heterocycles. The number of benzene rings is 2. The summed E-state index contributed by atoms with van der Waals surface area (Å²) in [5, 5.41) is 7.61. The molecule has 0 radical (unpaired) electrons. The van der Waals surface area contributed by atoms with Gasteiger partial charge in [0.25, 0.3) is 0 Å². The Morgan fingerprint density at radius 1 is 1.25 bits per heavy atom. The van der Waals surface area contributed by atoms with Crippen LogP contribution < -0.4 is 14.8 Å². The van der Waals surface area contributed by atoms with Gasteiger partial charge >= 0.3 is 0 Å². The summed E-state index contributed by atoms with van der Waals surface area (Å²) in [5.74, 6) is 1.99. The largest absolute Gasteiger partial charge is 0.497 e. The number of nitrogens with one attached hydrogen (secondary N) is 1. The molecule has 3 aromatic rings. The van der Waals surface area contributed by atoms with Gasteiger partial charge < -0.3 is 19.3 Å². The van der Waals surface area contributed by atoms with Crippen LogP contribution in [0.4, 0.5) is 5.69 Å². The monoisotopic (exact) mass is 456 g/mol. The number of methoxy groups -OCH3 is 2. The molecule has 1 aromatic heterocycles. The summed E-state index contributed by atoms with van der Waals surface area (Å²) in [6.45, 7) is 1.95. The Hall–Kier alpha value is -3.10. The molecule has 9 heteroatoms.